The van der Waals surface area contributed by atoms with Gasteiger partial charge in [-0.25, -0.2) is 9.38 Å². The van der Waals surface area contributed by atoms with Crippen LogP contribution in [0, 0.1) is 11.2 Å². The van der Waals surface area contributed by atoms with Crippen LogP contribution in [0.15, 0.2) is 23.2 Å². The molecule has 1 heterocycles. The summed E-state index contributed by atoms with van der Waals surface area (Å²) in [4.78, 5) is 27.1. The van der Waals surface area contributed by atoms with Crippen molar-refractivity contribution in [3.05, 3.63) is 29.0 Å². The van der Waals surface area contributed by atoms with Crippen molar-refractivity contribution in [1.82, 2.24) is 0 Å². The zero-order valence-electron chi connectivity index (χ0n) is 10.5. The summed E-state index contributed by atoms with van der Waals surface area (Å²) in [6.07, 6.45) is -0.0950. The molecule has 0 spiro atoms. The molecule has 0 aromatic heterocycles. The first-order valence-electron chi connectivity index (χ1n) is 5.75. The van der Waals surface area contributed by atoms with Crippen molar-refractivity contribution < 1.29 is 14.0 Å². The highest BCUT2D eigenvalue weighted by atomic mass is 35.5. The first-order valence-corrected chi connectivity index (χ1v) is 7.01. The smallest absolute Gasteiger partial charge is 0.248 e. The van der Waals surface area contributed by atoms with Crippen LogP contribution < -0.4 is 11.1 Å². The molecule has 0 aliphatic carbocycles. The van der Waals surface area contributed by atoms with Crippen LogP contribution in [0.5, 0.6) is 0 Å². The van der Waals surface area contributed by atoms with Crippen LogP contribution in [0.2, 0.25) is 5.02 Å². The van der Waals surface area contributed by atoms with E-state index in [0.29, 0.717) is 5.69 Å². The molecule has 0 saturated heterocycles. The number of hydrogen-bond acceptors (Lipinski definition) is 4. The topological polar surface area (TPSA) is 108 Å². The first kappa shape index (κ1) is 15.5. The van der Waals surface area contributed by atoms with E-state index >= 15 is 0 Å². The number of amidine groups is 1. The molecule has 1 aromatic rings. The zero-order valence-corrected chi connectivity index (χ0v) is 12.1. The summed E-state index contributed by atoms with van der Waals surface area (Å²) in [5.41, 5.74) is 5.58. The lowest BCUT2D eigenvalue weighted by molar-refractivity contribution is -0.121. The molecule has 1 atom stereocenters. The van der Waals surface area contributed by atoms with Crippen molar-refractivity contribution in [3.8, 4) is 0 Å². The van der Waals surface area contributed by atoms with Crippen LogP contribution in [0.25, 0.3) is 0 Å². The molecule has 1 aromatic carbocycles. The van der Waals surface area contributed by atoms with E-state index in [9.17, 15) is 14.0 Å². The van der Waals surface area contributed by atoms with Gasteiger partial charge in [-0.1, -0.05) is 23.4 Å². The maximum atomic E-state index is 13.0. The summed E-state index contributed by atoms with van der Waals surface area (Å²) < 4.78 is 13.0. The lowest BCUT2D eigenvalue weighted by Crippen LogP contribution is -2.34. The fraction of sp³-hybridized carbons (Fsp3) is 0.167. The number of anilines is 1. The quantitative estimate of drug-likeness (QED) is 0.580. The van der Waals surface area contributed by atoms with E-state index in [1.165, 1.54) is 12.1 Å². The summed E-state index contributed by atoms with van der Waals surface area (Å²) in [7, 11) is 0. The SMILES string of the molecule is N=C(N)C1=NC(=O)CC(C(=O)Nc2ccc(F)c(Cl)c2)S1. The highest BCUT2D eigenvalue weighted by Crippen LogP contribution is 2.25. The van der Waals surface area contributed by atoms with Crippen LogP contribution >= 0.6 is 23.4 Å². The van der Waals surface area contributed by atoms with Crippen molar-refractivity contribution in [2.75, 3.05) is 5.32 Å². The van der Waals surface area contributed by atoms with Gasteiger partial charge in [0.05, 0.1) is 16.7 Å². The number of aliphatic imine (C=N–C) groups is 1. The number of amides is 2. The minimum absolute atomic E-state index is 0.0172. The van der Waals surface area contributed by atoms with E-state index in [0.717, 1.165) is 17.8 Å². The number of carbonyl (C=O) groups is 2. The molecule has 1 unspecified atom stereocenters. The second-order valence-corrected chi connectivity index (χ2v) is 5.75. The largest absolute Gasteiger partial charge is 0.382 e. The Morgan fingerprint density at radius 2 is 2.29 bits per heavy atom. The molecule has 1 aliphatic heterocycles. The standard InChI is InChI=1S/C12H10ClFN4O2S/c13-6-3-5(1-2-7(6)14)17-11(20)8-4-9(19)18-12(21-8)10(15)16/h1-3,8H,4H2,(H3,15,16)(H,17,20). The lowest BCUT2D eigenvalue weighted by atomic mass is 10.2. The number of thioether (sulfide) groups is 1. The van der Waals surface area contributed by atoms with E-state index in [4.69, 9.17) is 22.7 Å². The molecule has 4 N–H and O–H groups in total. The van der Waals surface area contributed by atoms with Gasteiger partial charge < -0.3 is 11.1 Å². The summed E-state index contributed by atoms with van der Waals surface area (Å²) in [5.74, 6) is -1.94. The molecule has 0 saturated carbocycles. The molecule has 21 heavy (non-hydrogen) atoms. The van der Waals surface area contributed by atoms with Crippen molar-refractivity contribution in [2.24, 2.45) is 10.7 Å². The summed E-state index contributed by atoms with van der Waals surface area (Å²) >= 11 is 6.56. The Kier molecular flexibility index (Phi) is 4.59. The van der Waals surface area contributed by atoms with E-state index in [1.807, 2.05) is 0 Å². The molecule has 2 amide bonds. The Morgan fingerprint density at radius 1 is 1.57 bits per heavy atom. The van der Waals surface area contributed by atoms with Gasteiger partial charge in [0, 0.05) is 5.69 Å². The third-order valence-electron chi connectivity index (χ3n) is 2.55. The summed E-state index contributed by atoms with van der Waals surface area (Å²) in [6.45, 7) is 0. The van der Waals surface area contributed by atoms with E-state index in [2.05, 4.69) is 10.3 Å². The monoisotopic (exact) mass is 328 g/mol. The number of nitrogens with zero attached hydrogens (tertiary/aromatic N) is 1. The molecule has 6 nitrogen and oxygen atoms in total. The molecule has 0 radical (unpaired) electrons. The Morgan fingerprint density at radius 3 is 2.90 bits per heavy atom. The maximum absolute atomic E-state index is 13.0. The van der Waals surface area contributed by atoms with E-state index < -0.39 is 22.9 Å². The average molecular weight is 329 g/mol. The number of nitrogens with one attached hydrogen (secondary N) is 2. The van der Waals surface area contributed by atoms with Gasteiger partial charge in [-0.2, -0.15) is 0 Å². The average Bonchev–Trinajstić information content (AvgIpc) is 2.42. The van der Waals surface area contributed by atoms with Crippen molar-refractivity contribution in [2.45, 2.75) is 11.7 Å². The first-order chi connectivity index (χ1) is 9.86. The minimum atomic E-state index is -0.752. The number of carbonyl (C=O) groups excluding carboxylic acids is 2. The lowest BCUT2D eigenvalue weighted by Gasteiger charge is -2.19. The highest BCUT2D eigenvalue weighted by Gasteiger charge is 2.30. The van der Waals surface area contributed by atoms with Crippen LogP contribution in [0.1, 0.15) is 6.42 Å². The maximum Gasteiger partial charge on any atom is 0.248 e. The van der Waals surface area contributed by atoms with Crippen LogP contribution in [0.4, 0.5) is 10.1 Å². The van der Waals surface area contributed by atoms with Crippen molar-refractivity contribution in [3.63, 3.8) is 0 Å². The molecule has 1 aliphatic rings. The third-order valence-corrected chi connectivity index (χ3v) is 4.04. The number of halogens is 2. The van der Waals surface area contributed by atoms with Crippen molar-refractivity contribution in [1.29, 1.82) is 5.41 Å². The van der Waals surface area contributed by atoms with Crippen LogP contribution in [-0.2, 0) is 9.59 Å². The fourth-order valence-electron chi connectivity index (χ4n) is 1.59. The molecule has 110 valence electrons. The van der Waals surface area contributed by atoms with Crippen LogP contribution in [-0.4, -0.2) is 27.9 Å². The summed E-state index contributed by atoms with van der Waals surface area (Å²) in [5, 5.41) is 8.94. The van der Waals surface area contributed by atoms with Crippen molar-refractivity contribution >= 4 is 51.7 Å². The Balaban J connectivity index is 2.10. The van der Waals surface area contributed by atoms with Gasteiger partial charge in [-0.15, -0.1) is 0 Å². The molecular formula is C12H10ClFN4O2S. The second-order valence-electron chi connectivity index (χ2n) is 4.15. The third kappa shape index (κ3) is 3.79. The molecule has 2 rings (SSSR count). The van der Waals surface area contributed by atoms with Gasteiger partial charge in [0.15, 0.2) is 0 Å². The van der Waals surface area contributed by atoms with Crippen LogP contribution in [0.3, 0.4) is 0 Å². The second kappa shape index (κ2) is 6.23. The van der Waals surface area contributed by atoms with Gasteiger partial charge in [0.2, 0.25) is 11.8 Å². The number of benzene rings is 1. The molecule has 9 heteroatoms. The Labute approximate surface area is 128 Å². The molecular weight excluding hydrogens is 319 g/mol. The number of nitrogens with two attached hydrogens (primary N) is 1. The minimum Gasteiger partial charge on any atom is -0.382 e. The number of rotatable bonds is 3. The number of hydrogen-bond donors (Lipinski definition) is 3. The van der Waals surface area contributed by atoms with E-state index in [1.54, 1.807) is 0 Å². The van der Waals surface area contributed by atoms with Gasteiger partial charge in [0.25, 0.3) is 0 Å². The Hall–Kier alpha value is -1.93. The van der Waals surface area contributed by atoms with E-state index in [-0.39, 0.29) is 22.3 Å². The predicted octanol–water partition coefficient (Wildman–Crippen LogP) is 1.78. The predicted molar refractivity (Wildman–Crippen MR) is 80.4 cm³/mol. The highest BCUT2D eigenvalue weighted by molar-refractivity contribution is 8.16. The Bertz CT molecular complexity index is 665. The molecule has 0 fully saturated rings. The van der Waals surface area contributed by atoms with Gasteiger partial charge in [-0.05, 0) is 18.2 Å². The summed E-state index contributed by atoms with van der Waals surface area (Å²) in [6, 6.07) is 3.75. The molecule has 0 bridgehead atoms. The van der Waals surface area contributed by atoms with Gasteiger partial charge in [0.1, 0.15) is 16.7 Å². The zero-order chi connectivity index (χ0) is 15.6. The normalized spacial score (nSPS) is 18.1. The fourth-order valence-corrected chi connectivity index (χ4v) is 2.71. The van der Waals surface area contributed by atoms with Gasteiger partial charge >= 0.3 is 0 Å². The van der Waals surface area contributed by atoms with Gasteiger partial charge in [-0.3, -0.25) is 15.0 Å².